The Bertz CT molecular complexity index is 691. The summed E-state index contributed by atoms with van der Waals surface area (Å²) < 4.78 is 10.5. The number of nitrogens with one attached hydrogen (secondary N) is 1. The summed E-state index contributed by atoms with van der Waals surface area (Å²) in [4.78, 5) is 33.3. The fraction of sp³-hybridized carbons (Fsp3) is 0.927. The van der Waals surface area contributed by atoms with Crippen LogP contribution in [0, 0.1) is 0 Å². The number of carbonyl (C=O) groups excluding carboxylic acids is 2. The molecule has 0 radical (unpaired) electrons. The van der Waals surface area contributed by atoms with E-state index in [4.69, 9.17) is 20.3 Å². The smallest absolute Gasteiger partial charge is 0.404 e. The number of amides is 1. The predicted octanol–water partition coefficient (Wildman–Crippen LogP) is 11.8. The Hall–Kier alpha value is -1.83. The quantitative estimate of drug-likeness (QED) is 0.0435. The highest BCUT2D eigenvalue weighted by atomic mass is 16.5. The van der Waals surface area contributed by atoms with Gasteiger partial charge >= 0.3 is 18.0 Å². The lowest BCUT2D eigenvalue weighted by Gasteiger charge is -2.05. The zero-order chi connectivity index (χ0) is 36.3. The number of ether oxygens (including phenoxy) is 2. The monoisotopic (exact) mass is 699 g/mol. The Morgan fingerprint density at radius 3 is 1.08 bits per heavy atom. The summed E-state index contributed by atoms with van der Waals surface area (Å²) in [6.45, 7) is 6.83. The molecule has 1 amide bonds. The predicted molar refractivity (Wildman–Crippen MR) is 206 cm³/mol. The van der Waals surface area contributed by atoms with Crippen molar-refractivity contribution in [3.63, 3.8) is 0 Å². The lowest BCUT2D eigenvalue weighted by Crippen LogP contribution is -2.21. The van der Waals surface area contributed by atoms with Crippen LogP contribution >= 0.6 is 0 Å². The van der Waals surface area contributed by atoms with Gasteiger partial charge in [-0.2, -0.15) is 0 Å². The van der Waals surface area contributed by atoms with Crippen LogP contribution in [0.3, 0.4) is 0 Å². The standard InChI is InChI=1S/C21H41NO4.C20H41NO2/c1-2-3-4-5-6-7-8-9-10-11-12-16-19-26-20(23)17-14-13-15-18-22-21(24)25;1-2-3-4-5-6-7-8-9-10-11-12-16-19-23-20(22)17-14-13-15-18-21/h22H,2-19H2,1H3,(H,24,25);2-19,21H2,1H3. The van der Waals surface area contributed by atoms with E-state index in [2.05, 4.69) is 19.2 Å². The van der Waals surface area contributed by atoms with Gasteiger partial charge < -0.3 is 25.6 Å². The van der Waals surface area contributed by atoms with Crippen molar-refractivity contribution in [3.05, 3.63) is 0 Å². The summed E-state index contributed by atoms with van der Waals surface area (Å²) in [5, 5.41) is 10.7. The summed E-state index contributed by atoms with van der Waals surface area (Å²) in [6.07, 6.45) is 36.9. The van der Waals surface area contributed by atoms with E-state index in [1.165, 1.54) is 135 Å². The highest BCUT2D eigenvalue weighted by Gasteiger charge is 2.04. The summed E-state index contributed by atoms with van der Waals surface area (Å²) >= 11 is 0. The van der Waals surface area contributed by atoms with Gasteiger partial charge in [-0.3, -0.25) is 9.59 Å². The second kappa shape index (κ2) is 44.2. The van der Waals surface area contributed by atoms with Crippen molar-refractivity contribution >= 4 is 18.0 Å². The van der Waals surface area contributed by atoms with Crippen molar-refractivity contribution in [2.75, 3.05) is 26.3 Å². The molecule has 0 aromatic rings. The van der Waals surface area contributed by atoms with Gasteiger partial charge in [0.05, 0.1) is 13.2 Å². The molecule has 292 valence electrons. The maximum atomic E-state index is 11.6. The minimum absolute atomic E-state index is 0.0369. The van der Waals surface area contributed by atoms with Gasteiger partial charge in [0.1, 0.15) is 0 Å². The van der Waals surface area contributed by atoms with Crippen LogP contribution in [0.5, 0.6) is 0 Å². The number of esters is 2. The molecule has 0 rings (SSSR count). The van der Waals surface area contributed by atoms with Crippen LogP contribution < -0.4 is 11.1 Å². The van der Waals surface area contributed by atoms with Crippen LogP contribution in [-0.2, 0) is 19.1 Å². The Morgan fingerprint density at radius 2 is 0.755 bits per heavy atom. The molecule has 8 nitrogen and oxygen atoms in total. The van der Waals surface area contributed by atoms with Gasteiger partial charge in [-0.15, -0.1) is 0 Å². The van der Waals surface area contributed by atoms with Gasteiger partial charge in [0, 0.05) is 19.4 Å². The maximum Gasteiger partial charge on any atom is 0.404 e. The van der Waals surface area contributed by atoms with Crippen molar-refractivity contribution in [1.29, 1.82) is 0 Å². The lowest BCUT2D eigenvalue weighted by molar-refractivity contribution is -0.144. The third kappa shape index (κ3) is 48.3. The van der Waals surface area contributed by atoms with Crippen LogP contribution in [0.15, 0.2) is 0 Å². The van der Waals surface area contributed by atoms with Crippen LogP contribution in [0.25, 0.3) is 0 Å². The van der Waals surface area contributed by atoms with Crippen molar-refractivity contribution in [2.45, 2.75) is 219 Å². The number of unbranched alkanes of at least 4 members (excludes halogenated alkanes) is 26. The molecule has 0 aliphatic rings. The van der Waals surface area contributed by atoms with Crippen molar-refractivity contribution in [1.82, 2.24) is 5.32 Å². The molecule has 0 aliphatic heterocycles. The van der Waals surface area contributed by atoms with Crippen molar-refractivity contribution in [3.8, 4) is 0 Å². The Balaban J connectivity index is 0. The van der Waals surface area contributed by atoms with Gasteiger partial charge in [-0.1, -0.05) is 168 Å². The third-order valence-corrected chi connectivity index (χ3v) is 8.94. The summed E-state index contributed by atoms with van der Waals surface area (Å²) in [5.74, 6) is -0.163. The molecular formula is C41H82N2O6. The average molecular weight is 699 g/mol. The minimum atomic E-state index is -0.994. The van der Waals surface area contributed by atoms with Crippen molar-refractivity contribution in [2.24, 2.45) is 5.73 Å². The van der Waals surface area contributed by atoms with Gasteiger partial charge in [0.25, 0.3) is 0 Å². The molecule has 0 spiro atoms. The first-order valence-corrected chi connectivity index (χ1v) is 21.0. The molecule has 0 aromatic heterocycles. The molecule has 0 atom stereocenters. The van der Waals surface area contributed by atoms with E-state index < -0.39 is 6.09 Å². The zero-order valence-electron chi connectivity index (χ0n) is 32.5. The molecule has 0 bridgehead atoms. The topological polar surface area (TPSA) is 128 Å². The molecule has 0 unspecified atom stereocenters. The second-order valence-corrected chi connectivity index (χ2v) is 13.9. The van der Waals surface area contributed by atoms with Gasteiger partial charge in [-0.05, 0) is 45.1 Å². The average Bonchev–Trinajstić information content (AvgIpc) is 3.09. The molecule has 4 N–H and O–H groups in total. The third-order valence-electron chi connectivity index (χ3n) is 8.94. The van der Waals surface area contributed by atoms with E-state index in [1.807, 2.05) is 0 Å². The molecule has 0 aromatic carbocycles. The second-order valence-electron chi connectivity index (χ2n) is 13.9. The maximum absolute atomic E-state index is 11.6. The van der Waals surface area contributed by atoms with Gasteiger partial charge in [0.2, 0.25) is 0 Å². The first-order valence-electron chi connectivity index (χ1n) is 21.0. The number of hydrogen-bond acceptors (Lipinski definition) is 6. The van der Waals surface area contributed by atoms with E-state index in [1.54, 1.807) is 0 Å². The fourth-order valence-corrected chi connectivity index (χ4v) is 5.76. The molecule has 0 aliphatic carbocycles. The van der Waals surface area contributed by atoms with Crippen LogP contribution in [0.4, 0.5) is 4.79 Å². The highest BCUT2D eigenvalue weighted by Crippen LogP contribution is 2.13. The largest absolute Gasteiger partial charge is 0.466 e. The zero-order valence-corrected chi connectivity index (χ0v) is 32.5. The molecule has 0 saturated heterocycles. The van der Waals surface area contributed by atoms with Crippen LogP contribution in [0.2, 0.25) is 0 Å². The Morgan fingerprint density at radius 1 is 0.449 bits per heavy atom. The Labute approximate surface area is 303 Å². The summed E-state index contributed by atoms with van der Waals surface area (Å²) in [5.41, 5.74) is 5.42. The first kappa shape index (κ1) is 49.3. The summed E-state index contributed by atoms with van der Waals surface area (Å²) in [6, 6.07) is 0. The van der Waals surface area contributed by atoms with Crippen LogP contribution in [-0.4, -0.2) is 49.4 Å². The van der Waals surface area contributed by atoms with E-state index in [9.17, 15) is 14.4 Å². The molecule has 0 fully saturated rings. The summed E-state index contributed by atoms with van der Waals surface area (Å²) in [7, 11) is 0. The van der Waals surface area contributed by atoms with E-state index in [0.29, 0.717) is 39.1 Å². The number of hydrogen-bond donors (Lipinski definition) is 3. The minimum Gasteiger partial charge on any atom is -0.466 e. The molecule has 49 heavy (non-hydrogen) atoms. The van der Waals surface area contributed by atoms with Gasteiger partial charge in [-0.25, -0.2) is 4.79 Å². The SMILES string of the molecule is CCCCCCCCCCCCCCOC(=O)CCCCCN.CCCCCCCCCCCCCCOC(=O)CCCCCNC(=O)O. The molecular weight excluding hydrogens is 616 g/mol. The van der Waals surface area contributed by atoms with Gasteiger partial charge in [0.15, 0.2) is 0 Å². The lowest BCUT2D eigenvalue weighted by atomic mass is 10.1. The normalized spacial score (nSPS) is 10.8. The fourth-order valence-electron chi connectivity index (χ4n) is 5.76. The first-order chi connectivity index (χ1) is 24.0. The number of nitrogens with two attached hydrogens (primary N) is 1. The van der Waals surface area contributed by atoms with E-state index in [-0.39, 0.29) is 11.9 Å². The molecule has 0 saturated carbocycles. The molecule has 8 heteroatoms. The molecule has 0 heterocycles. The Kier molecular flexibility index (Phi) is 44.4. The van der Waals surface area contributed by atoms with E-state index >= 15 is 0 Å². The van der Waals surface area contributed by atoms with Crippen molar-refractivity contribution < 1.29 is 29.0 Å². The van der Waals surface area contributed by atoms with Crippen LogP contribution in [0.1, 0.15) is 219 Å². The van der Waals surface area contributed by atoms with E-state index in [0.717, 1.165) is 57.8 Å². The number of rotatable bonds is 37. The highest BCUT2D eigenvalue weighted by molar-refractivity contribution is 5.69. The number of carbonyl (C=O) groups is 3. The number of carboxylic acid groups (broad SMARTS) is 1.